The van der Waals surface area contributed by atoms with Gasteiger partial charge in [-0.15, -0.1) is 0 Å². The van der Waals surface area contributed by atoms with E-state index >= 15 is 0 Å². The van der Waals surface area contributed by atoms with Gasteiger partial charge >= 0.3 is 6.18 Å². The number of nitrogens with one attached hydrogen (secondary N) is 2. The van der Waals surface area contributed by atoms with Crippen LogP contribution in [0.1, 0.15) is 17.6 Å². The molecule has 0 spiro atoms. The number of likely N-dealkylation sites (N-methyl/N-ethyl adjacent to an activating group) is 1. The fourth-order valence-corrected chi connectivity index (χ4v) is 4.05. The van der Waals surface area contributed by atoms with E-state index in [1.54, 1.807) is 0 Å². The number of rotatable bonds is 6. The van der Waals surface area contributed by atoms with Crippen LogP contribution in [0.15, 0.2) is 43.0 Å². The first-order chi connectivity index (χ1) is 18.6. The number of carbonyl (C=O) groups is 1. The van der Waals surface area contributed by atoms with Gasteiger partial charge in [-0.25, -0.2) is 24.3 Å². The summed E-state index contributed by atoms with van der Waals surface area (Å²) in [5, 5.41) is 26.2. The lowest BCUT2D eigenvalue weighted by atomic mass is 10.1. The third-order valence-electron chi connectivity index (χ3n) is 5.94. The number of anilines is 1. The SMILES string of the molecule is CNC(=O)[C@@H]1OC(n2cnc3c(NCc4cccc(C(F)(F)F)n4)nc(-c4cncc(F)c4)nc32)C(O)C1O. The molecule has 0 bridgehead atoms. The molecule has 3 unspecified atom stereocenters. The summed E-state index contributed by atoms with van der Waals surface area (Å²) in [6.07, 6.45) is -6.91. The number of hydrogen-bond acceptors (Lipinski definition) is 10. The first kappa shape index (κ1) is 26.3. The average molecular weight is 548 g/mol. The lowest BCUT2D eigenvalue weighted by Crippen LogP contribution is -2.41. The Kier molecular flexibility index (Phi) is 6.83. The monoisotopic (exact) mass is 548 g/mol. The largest absolute Gasteiger partial charge is 0.433 e. The van der Waals surface area contributed by atoms with Crippen molar-refractivity contribution in [3.05, 3.63) is 60.2 Å². The van der Waals surface area contributed by atoms with Crippen molar-refractivity contribution < 1.29 is 37.3 Å². The predicted octanol–water partition coefficient (Wildman–Crippen LogP) is 1.42. The molecular formula is C23H20F4N8O4. The maximum atomic E-state index is 13.9. The van der Waals surface area contributed by atoms with Gasteiger partial charge in [0.2, 0.25) is 0 Å². The second-order valence-electron chi connectivity index (χ2n) is 8.52. The molecule has 0 aromatic carbocycles. The number of hydrogen-bond donors (Lipinski definition) is 4. The molecule has 4 atom stereocenters. The van der Waals surface area contributed by atoms with Crippen molar-refractivity contribution in [2.24, 2.45) is 0 Å². The van der Waals surface area contributed by atoms with Crippen LogP contribution in [0.3, 0.4) is 0 Å². The summed E-state index contributed by atoms with van der Waals surface area (Å²) in [6, 6.07) is 4.57. The molecule has 39 heavy (non-hydrogen) atoms. The Morgan fingerprint density at radius 1 is 1.15 bits per heavy atom. The molecule has 0 radical (unpaired) electrons. The number of ether oxygens (including phenoxy) is 1. The maximum absolute atomic E-state index is 13.9. The summed E-state index contributed by atoms with van der Waals surface area (Å²) < 4.78 is 60.1. The molecule has 1 fully saturated rings. The lowest BCUT2D eigenvalue weighted by molar-refractivity contribution is -0.141. The second-order valence-corrected chi connectivity index (χ2v) is 8.52. The molecule has 0 saturated carbocycles. The van der Waals surface area contributed by atoms with Gasteiger partial charge in [-0.05, 0) is 18.2 Å². The molecule has 4 aromatic rings. The molecule has 5 heterocycles. The van der Waals surface area contributed by atoms with E-state index in [1.165, 1.54) is 36.3 Å². The third kappa shape index (κ3) is 5.08. The van der Waals surface area contributed by atoms with Gasteiger partial charge in [-0.2, -0.15) is 13.2 Å². The zero-order valence-electron chi connectivity index (χ0n) is 20.0. The van der Waals surface area contributed by atoms with Crippen LogP contribution in [0.2, 0.25) is 0 Å². The highest BCUT2D eigenvalue weighted by molar-refractivity contribution is 5.85. The number of aliphatic hydroxyl groups excluding tert-OH is 2. The topological polar surface area (TPSA) is 160 Å². The Balaban J connectivity index is 1.56. The minimum absolute atomic E-state index is 0.0355. The predicted molar refractivity (Wildman–Crippen MR) is 125 cm³/mol. The number of carbonyl (C=O) groups excluding carboxylic acids is 1. The van der Waals surface area contributed by atoms with Crippen LogP contribution in [0.4, 0.5) is 23.4 Å². The number of imidazole rings is 1. The summed E-state index contributed by atoms with van der Waals surface area (Å²) in [5.74, 6) is -1.32. The highest BCUT2D eigenvalue weighted by atomic mass is 19.4. The van der Waals surface area contributed by atoms with Gasteiger partial charge in [0.25, 0.3) is 5.91 Å². The molecule has 1 aliphatic heterocycles. The van der Waals surface area contributed by atoms with Gasteiger partial charge in [-0.3, -0.25) is 14.3 Å². The van der Waals surface area contributed by atoms with Gasteiger partial charge in [0.15, 0.2) is 35.1 Å². The summed E-state index contributed by atoms with van der Waals surface area (Å²) in [6.45, 7) is -0.191. The van der Waals surface area contributed by atoms with Crippen LogP contribution in [0.5, 0.6) is 0 Å². The molecule has 204 valence electrons. The number of alkyl halides is 3. The highest BCUT2D eigenvalue weighted by Crippen LogP contribution is 2.34. The van der Waals surface area contributed by atoms with E-state index < -0.39 is 48.1 Å². The fraction of sp³-hybridized carbons (Fsp3) is 0.304. The normalized spacial score (nSPS) is 21.3. The van der Waals surface area contributed by atoms with Crippen molar-refractivity contribution >= 4 is 22.9 Å². The molecule has 1 amide bonds. The summed E-state index contributed by atoms with van der Waals surface area (Å²) >= 11 is 0. The molecule has 1 aliphatic rings. The van der Waals surface area contributed by atoms with E-state index in [-0.39, 0.29) is 40.6 Å². The Labute approximate surface area is 216 Å². The van der Waals surface area contributed by atoms with Crippen LogP contribution in [0.25, 0.3) is 22.6 Å². The molecule has 4 N–H and O–H groups in total. The maximum Gasteiger partial charge on any atom is 0.433 e. The van der Waals surface area contributed by atoms with Gasteiger partial charge in [0.1, 0.15) is 23.7 Å². The van der Waals surface area contributed by atoms with Crippen molar-refractivity contribution in [2.45, 2.75) is 37.3 Å². The Hall–Kier alpha value is -4.28. The van der Waals surface area contributed by atoms with E-state index in [9.17, 15) is 32.6 Å². The van der Waals surface area contributed by atoms with Crippen molar-refractivity contribution in [1.29, 1.82) is 0 Å². The zero-order chi connectivity index (χ0) is 27.9. The molecule has 1 saturated heterocycles. The Morgan fingerprint density at radius 2 is 1.95 bits per heavy atom. The first-order valence-electron chi connectivity index (χ1n) is 11.4. The molecular weight excluding hydrogens is 528 g/mol. The molecule has 16 heteroatoms. The number of aromatic nitrogens is 6. The van der Waals surface area contributed by atoms with Crippen molar-refractivity contribution in [1.82, 2.24) is 34.8 Å². The van der Waals surface area contributed by atoms with Gasteiger partial charge in [0.05, 0.1) is 24.8 Å². The molecule has 5 rings (SSSR count). The fourth-order valence-electron chi connectivity index (χ4n) is 4.05. The average Bonchev–Trinajstić information content (AvgIpc) is 3.47. The van der Waals surface area contributed by atoms with E-state index in [2.05, 4.69) is 35.6 Å². The van der Waals surface area contributed by atoms with Crippen molar-refractivity contribution in [2.75, 3.05) is 12.4 Å². The van der Waals surface area contributed by atoms with E-state index in [0.717, 1.165) is 18.3 Å². The number of pyridine rings is 2. The van der Waals surface area contributed by atoms with Gasteiger partial charge in [0, 0.05) is 18.8 Å². The summed E-state index contributed by atoms with van der Waals surface area (Å²) in [4.78, 5) is 32.5. The second kappa shape index (κ2) is 10.1. The lowest BCUT2D eigenvalue weighted by Gasteiger charge is -2.17. The third-order valence-corrected chi connectivity index (χ3v) is 5.94. The zero-order valence-corrected chi connectivity index (χ0v) is 20.0. The van der Waals surface area contributed by atoms with Crippen LogP contribution in [-0.4, -0.2) is 71.0 Å². The van der Waals surface area contributed by atoms with Crippen LogP contribution >= 0.6 is 0 Å². The Morgan fingerprint density at radius 3 is 2.67 bits per heavy atom. The standard InChI is InChI=1S/C23H20F4N8O4/c1-28-21(38)17-15(36)16(37)22(39-17)35-9-31-14-19(30-8-12-3-2-4-13(32-12)23(25,26)27)33-18(34-20(14)35)10-5-11(24)7-29-6-10/h2-7,9,15-17,22,36-37H,8H2,1H3,(H,28,38)(H,30,33,34)/t15?,16?,17-,22?/m1/s1. The number of amides is 1. The van der Waals surface area contributed by atoms with Crippen LogP contribution < -0.4 is 10.6 Å². The number of aliphatic hydroxyl groups is 2. The van der Waals surface area contributed by atoms with Crippen molar-refractivity contribution in [3.8, 4) is 11.4 Å². The van der Waals surface area contributed by atoms with Gasteiger partial charge < -0.3 is 25.6 Å². The van der Waals surface area contributed by atoms with Crippen molar-refractivity contribution in [3.63, 3.8) is 0 Å². The number of nitrogens with zero attached hydrogens (tertiary/aromatic N) is 6. The molecule has 0 aliphatic carbocycles. The first-order valence-corrected chi connectivity index (χ1v) is 11.4. The van der Waals surface area contributed by atoms with E-state index in [1.807, 2.05) is 0 Å². The number of halogens is 4. The minimum atomic E-state index is -4.63. The van der Waals surface area contributed by atoms with Crippen LogP contribution in [-0.2, 0) is 22.3 Å². The smallest absolute Gasteiger partial charge is 0.387 e. The molecule has 12 nitrogen and oxygen atoms in total. The quantitative estimate of drug-likeness (QED) is 0.260. The minimum Gasteiger partial charge on any atom is -0.387 e. The summed E-state index contributed by atoms with van der Waals surface area (Å²) in [5.41, 5.74) is -0.680. The van der Waals surface area contributed by atoms with E-state index in [4.69, 9.17) is 4.74 Å². The summed E-state index contributed by atoms with van der Waals surface area (Å²) in [7, 11) is 1.34. The van der Waals surface area contributed by atoms with Crippen LogP contribution in [0, 0.1) is 5.82 Å². The van der Waals surface area contributed by atoms with Gasteiger partial charge in [-0.1, -0.05) is 6.07 Å². The van der Waals surface area contributed by atoms with E-state index in [0.29, 0.717) is 0 Å². The number of fused-ring (bicyclic) bond motifs is 1. The Bertz CT molecular complexity index is 1530. The molecule has 4 aromatic heterocycles. The highest BCUT2D eigenvalue weighted by Gasteiger charge is 2.47.